The van der Waals surface area contributed by atoms with Gasteiger partial charge in [-0.3, -0.25) is 0 Å². The monoisotopic (exact) mass is 387 g/mol. The molecule has 0 unspecified atom stereocenters. The van der Waals surface area contributed by atoms with E-state index in [4.69, 9.17) is 5.73 Å². The Morgan fingerprint density at radius 2 is 0.607 bits per heavy atom. The van der Waals surface area contributed by atoms with Crippen LogP contribution < -0.4 is 18.9 Å². The Hall–Kier alpha value is 0.557. The Morgan fingerprint density at radius 1 is 0.393 bits per heavy atom. The van der Waals surface area contributed by atoms with Crippen molar-refractivity contribution in [2.75, 3.05) is 0 Å². The Bertz CT molecular complexity index is 264. The molecule has 0 radical (unpaired) electrons. The average Bonchev–Trinajstić information content (AvgIpc) is 2.67. The van der Waals surface area contributed by atoms with E-state index in [0.717, 1.165) is 19.3 Å². The maximum atomic E-state index is 9.10. The van der Waals surface area contributed by atoms with E-state index in [1.807, 2.05) is 0 Å². The maximum absolute atomic E-state index is 9.10. The summed E-state index contributed by atoms with van der Waals surface area (Å²) in [6.45, 7) is 6.87. The first-order valence-corrected chi connectivity index (χ1v) is 12.9. The summed E-state index contributed by atoms with van der Waals surface area (Å²) in [5.41, 5.74) is 8.99. The third kappa shape index (κ3) is 21.3. The molecule has 0 aromatic heterocycles. The second kappa shape index (κ2) is 23.8. The largest absolute Gasteiger partial charge is 1.00 e. The number of unbranched alkanes of at least 4 members (excludes halogenated alkanes) is 16. The molecule has 1 N–H and O–H groups in total. The minimum absolute atomic E-state index is 0. The van der Waals surface area contributed by atoms with Gasteiger partial charge in [-0.15, -0.1) is 5.54 Å². The zero-order valence-corrected chi connectivity index (χ0v) is 20.6. The molecule has 0 heterocycles. The third-order valence-corrected chi connectivity index (χ3v) is 6.28. The van der Waals surface area contributed by atoms with Gasteiger partial charge in [0, 0.05) is 0 Å². The summed E-state index contributed by atoms with van der Waals surface area (Å²) in [6.07, 6.45) is 29.4. The first kappa shape index (κ1) is 30.7. The fraction of sp³-hybridized carbons (Fsp3) is 1.00. The van der Waals surface area contributed by atoms with Crippen molar-refractivity contribution in [3.05, 3.63) is 5.73 Å². The van der Waals surface area contributed by atoms with Crippen molar-refractivity contribution in [3.8, 4) is 0 Å². The van der Waals surface area contributed by atoms with Gasteiger partial charge in [0.1, 0.15) is 0 Å². The normalized spacial score (nSPS) is 11.6. The molecule has 0 amide bonds. The van der Waals surface area contributed by atoms with Crippen molar-refractivity contribution in [1.82, 2.24) is 0 Å². The molecule has 0 aliphatic heterocycles. The van der Waals surface area contributed by atoms with Crippen LogP contribution in [0.15, 0.2) is 0 Å². The van der Waals surface area contributed by atoms with Crippen LogP contribution in [0, 0.1) is 0 Å². The Kier molecular flexibility index (Phi) is 26.2. The molecule has 0 aromatic carbocycles. The van der Waals surface area contributed by atoms with Crippen molar-refractivity contribution >= 4 is 0 Å². The predicted molar refractivity (Wildman–Crippen MR) is 126 cm³/mol. The Morgan fingerprint density at radius 3 is 0.857 bits per heavy atom. The summed E-state index contributed by atoms with van der Waals surface area (Å²) < 4.78 is 0. The van der Waals surface area contributed by atoms with Crippen LogP contribution in [0.5, 0.6) is 0 Å². The van der Waals surface area contributed by atoms with Crippen molar-refractivity contribution in [2.45, 2.75) is 168 Å². The predicted octanol–water partition coefficient (Wildman–Crippen LogP) is 7.42. The van der Waals surface area contributed by atoms with Crippen LogP contribution in [-0.4, -0.2) is 5.54 Å². The fourth-order valence-corrected chi connectivity index (χ4v) is 4.28. The molecule has 0 atom stereocenters. The maximum Gasteiger partial charge on any atom is 1.00 e. The van der Waals surface area contributed by atoms with E-state index < -0.39 is 0 Å². The molecule has 0 saturated carbocycles. The Balaban J connectivity index is 0. The molecule has 1 nitrogen and oxygen atoms in total. The van der Waals surface area contributed by atoms with E-state index in [-0.39, 0.29) is 24.4 Å². The summed E-state index contributed by atoms with van der Waals surface area (Å²) in [6, 6.07) is 0. The fourth-order valence-electron chi connectivity index (χ4n) is 4.28. The van der Waals surface area contributed by atoms with E-state index in [1.165, 1.54) is 122 Å². The third-order valence-electron chi connectivity index (χ3n) is 6.28. The minimum Gasteiger partial charge on any atom is -0.672 e. The Labute approximate surface area is 192 Å². The van der Waals surface area contributed by atoms with Crippen LogP contribution >= 0.6 is 0 Å². The second-order valence-corrected chi connectivity index (χ2v) is 9.19. The van der Waals surface area contributed by atoms with Gasteiger partial charge in [-0.2, -0.15) is 0 Å². The van der Waals surface area contributed by atoms with E-state index >= 15 is 0 Å². The van der Waals surface area contributed by atoms with Gasteiger partial charge in [0.15, 0.2) is 0 Å². The van der Waals surface area contributed by atoms with Crippen molar-refractivity contribution in [3.63, 3.8) is 0 Å². The molecule has 0 fully saturated rings. The van der Waals surface area contributed by atoms with Gasteiger partial charge in [0.05, 0.1) is 0 Å². The van der Waals surface area contributed by atoms with Crippen molar-refractivity contribution < 1.29 is 18.9 Å². The zero-order chi connectivity index (χ0) is 20.1. The molecule has 0 aromatic rings. The van der Waals surface area contributed by atoms with Crippen LogP contribution in [0.2, 0.25) is 0 Å². The van der Waals surface area contributed by atoms with Gasteiger partial charge in [-0.1, -0.05) is 162 Å². The molecule has 0 aliphatic rings. The summed E-state index contributed by atoms with van der Waals surface area (Å²) in [5.74, 6) is 0. The minimum atomic E-state index is -0.112. The quantitative estimate of drug-likeness (QED) is 0.136. The topological polar surface area (TPSA) is 23.8 Å². The summed E-state index contributed by atoms with van der Waals surface area (Å²) in [7, 11) is 0. The number of nitrogens with one attached hydrogen (secondary N) is 1. The molecule has 28 heavy (non-hydrogen) atoms. The molecule has 0 rings (SSSR count). The van der Waals surface area contributed by atoms with Gasteiger partial charge in [0.25, 0.3) is 0 Å². The van der Waals surface area contributed by atoms with Gasteiger partial charge in [-0.05, 0) is 0 Å². The smallest absolute Gasteiger partial charge is 0.672 e. The van der Waals surface area contributed by atoms with Crippen LogP contribution in [0.4, 0.5) is 0 Å². The molecule has 0 saturated heterocycles. The first-order chi connectivity index (χ1) is 13.2. The summed E-state index contributed by atoms with van der Waals surface area (Å²) >= 11 is 0. The molecule has 0 bridgehead atoms. The number of hydrogen-bond donors (Lipinski definition) is 0. The van der Waals surface area contributed by atoms with Crippen LogP contribution in [0.1, 0.15) is 162 Å². The molecule has 0 aliphatic carbocycles. The van der Waals surface area contributed by atoms with Gasteiger partial charge >= 0.3 is 18.9 Å². The van der Waals surface area contributed by atoms with Crippen LogP contribution in [0.3, 0.4) is 0 Å². The molecule has 2 heteroatoms. The van der Waals surface area contributed by atoms with Gasteiger partial charge in [-0.25, -0.2) is 0 Å². The summed E-state index contributed by atoms with van der Waals surface area (Å²) in [5, 5.41) is 0. The molecular formula is C26H54LiN. The van der Waals surface area contributed by atoms with E-state index in [0.29, 0.717) is 0 Å². The SMILES string of the molecule is CCCCCCCCCC([NH-])(CCCCCCCC)CCCCCCCC.[Li+]. The summed E-state index contributed by atoms with van der Waals surface area (Å²) in [4.78, 5) is 0. The standard InChI is InChI=1S/C26H54N.Li/c1-4-7-10-13-16-19-22-25-26(27,23-20-17-14-11-8-5-2)24-21-18-15-12-9-6-3;/h27H,4-25H2,1-3H3;/q-1;+1. The van der Waals surface area contributed by atoms with E-state index in [1.54, 1.807) is 0 Å². The molecule has 0 spiro atoms. The van der Waals surface area contributed by atoms with Crippen molar-refractivity contribution in [2.24, 2.45) is 0 Å². The second-order valence-electron chi connectivity index (χ2n) is 9.19. The number of rotatable bonds is 22. The average molecular weight is 388 g/mol. The van der Waals surface area contributed by atoms with E-state index in [2.05, 4.69) is 20.8 Å². The van der Waals surface area contributed by atoms with Gasteiger partial charge in [0.2, 0.25) is 0 Å². The molecular weight excluding hydrogens is 333 g/mol. The zero-order valence-electron chi connectivity index (χ0n) is 20.6. The molecule has 164 valence electrons. The number of hydrogen-bond acceptors (Lipinski definition) is 0. The van der Waals surface area contributed by atoms with Crippen LogP contribution in [0.25, 0.3) is 5.73 Å². The van der Waals surface area contributed by atoms with E-state index in [9.17, 15) is 0 Å². The van der Waals surface area contributed by atoms with Crippen molar-refractivity contribution in [1.29, 1.82) is 0 Å². The first-order valence-electron chi connectivity index (χ1n) is 12.9. The van der Waals surface area contributed by atoms with Gasteiger partial charge < -0.3 is 5.73 Å². The van der Waals surface area contributed by atoms with Crippen LogP contribution in [-0.2, 0) is 0 Å².